The number of amides is 5. The molecule has 0 aromatic carbocycles. The Kier molecular flexibility index (Phi) is 6.03. The Morgan fingerprint density at radius 1 is 1.25 bits per heavy atom. The van der Waals surface area contributed by atoms with Gasteiger partial charge in [0.15, 0.2) is 0 Å². The van der Waals surface area contributed by atoms with E-state index in [0.29, 0.717) is 36.8 Å². The number of nitrogens with zero attached hydrogens (tertiary/aromatic N) is 3. The molecule has 3 heterocycles. The molecule has 1 saturated carbocycles. The number of primary amides is 1. The minimum Gasteiger partial charge on any atom is -0.369 e. The van der Waals surface area contributed by atoms with E-state index < -0.39 is 17.5 Å². The van der Waals surface area contributed by atoms with Crippen LogP contribution in [0.3, 0.4) is 0 Å². The Balaban J connectivity index is 1.34. The quantitative estimate of drug-likeness (QED) is 0.586. The van der Waals surface area contributed by atoms with Gasteiger partial charge < -0.3 is 21.3 Å². The third-order valence-corrected chi connectivity index (χ3v) is 6.85. The topological polar surface area (TPSA) is 138 Å². The van der Waals surface area contributed by atoms with Crippen LogP contribution in [0.1, 0.15) is 45.4 Å². The fourth-order valence-corrected chi connectivity index (χ4v) is 4.82. The highest BCUT2D eigenvalue weighted by molar-refractivity contribution is 6.10. The Hall–Kier alpha value is -3.17. The van der Waals surface area contributed by atoms with E-state index in [1.165, 1.54) is 6.20 Å². The van der Waals surface area contributed by atoms with E-state index in [-0.39, 0.29) is 24.3 Å². The third-order valence-electron chi connectivity index (χ3n) is 6.85. The van der Waals surface area contributed by atoms with Crippen LogP contribution in [-0.4, -0.2) is 58.8 Å². The molecule has 1 atom stereocenters. The first kappa shape index (κ1) is 22.0. The number of nitrogens with two attached hydrogens (primary N) is 1. The molecular weight excluding hydrogens is 412 g/mol. The van der Waals surface area contributed by atoms with Gasteiger partial charge in [0.1, 0.15) is 17.9 Å². The fraction of sp³-hybridized carbons (Fsp3) is 0.591. The molecule has 1 spiro atoms. The zero-order chi connectivity index (χ0) is 22.9. The Morgan fingerprint density at radius 2 is 2.00 bits per heavy atom. The lowest BCUT2D eigenvalue weighted by atomic mass is 9.77. The molecule has 172 valence electrons. The number of piperidine rings is 1. The molecule has 4 rings (SSSR count). The Bertz CT molecular complexity index is 910. The van der Waals surface area contributed by atoms with Crippen LogP contribution < -0.4 is 21.3 Å². The molecule has 3 aliphatic rings. The van der Waals surface area contributed by atoms with Gasteiger partial charge in [0.05, 0.1) is 17.8 Å². The Morgan fingerprint density at radius 3 is 2.66 bits per heavy atom. The van der Waals surface area contributed by atoms with Gasteiger partial charge in [-0.05, 0) is 56.6 Å². The third kappa shape index (κ3) is 4.39. The molecule has 1 aromatic heterocycles. The van der Waals surface area contributed by atoms with Crippen molar-refractivity contribution in [3.05, 3.63) is 18.3 Å². The van der Waals surface area contributed by atoms with Crippen molar-refractivity contribution in [1.82, 2.24) is 15.2 Å². The lowest BCUT2D eigenvalue weighted by molar-refractivity contribution is -0.135. The van der Waals surface area contributed by atoms with Crippen LogP contribution in [0.5, 0.6) is 0 Å². The van der Waals surface area contributed by atoms with Crippen LogP contribution >= 0.6 is 0 Å². The van der Waals surface area contributed by atoms with E-state index in [1.807, 2.05) is 4.90 Å². The lowest BCUT2D eigenvalue weighted by Gasteiger charge is -2.33. The van der Waals surface area contributed by atoms with Gasteiger partial charge in [-0.1, -0.05) is 6.92 Å². The summed E-state index contributed by atoms with van der Waals surface area (Å²) < 4.78 is 0. The second kappa shape index (κ2) is 8.76. The van der Waals surface area contributed by atoms with Crippen molar-refractivity contribution in [3.8, 4) is 0 Å². The molecule has 5 amide bonds. The van der Waals surface area contributed by atoms with E-state index in [2.05, 4.69) is 22.5 Å². The highest BCUT2D eigenvalue weighted by Gasteiger charge is 2.52. The fourth-order valence-electron chi connectivity index (χ4n) is 4.82. The standard InChI is InChI=1S/C22H30N6O4/c1-14-6-8-22(9-7-14)20(31)28(21(32)26-22)13-18(29)25-16-4-5-17(24-11-16)27-10-2-3-15(12-27)19(23)30/h4-5,11,14-15H,2-3,6-10,12-13H2,1H3,(H2,23,30)(H,25,29)(H,26,32). The summed E-state index contributed by atoms with van der Waals surface area (Å²) in [5.41, 5.74) is 5.05. The highest BCUT2D eigenvalue weighted by Crippen LogP contribution is 2.36. The highest BCUT2D eigenvalue weighted by atomic mass is 16.2. The minimum absolute atomic E-state index is 0.190. The molecule has 0 radical (unpaired) electrons. The second-order valence-corrected chi connectivity index (χ2v) is 9.23. The molecule has 1 unspecified atom stereocenters. The summed E-state index contributed by atoms with van der Waals surface area (Å²) >= 11 is 0. The number of anilines is 2. The van der Waals surface area contributed by atoms with E-state index in [9.17, 15) is 19.2 Å². The van der Waals surface area contributed by atoms with Crippen LogP contribution in [0.4, 0.5) is 16.3 Å². The molecule has 4 N–H and O–H groups in total. The number of rotatable bonds is 5. The summed E-state index contributed by atoms with van der Waals surface area (Å²) in [6.07, 6.45) is 6.13. The maximum absolute atomic E-state index is 12.9. The van der Waals surface area contributed by atoms with Gasteiger partial charge in [-0.2, -0.15) is 0 Å². The number of aromatic nitrogens is 1. The number of hydrogen-bond donors (Lipinski definition) is 3. The summed E-state index contributed by atoms with van der Waals surface area (Å²) in [5, 5.41) is 5.52. The van der Waals surface area contributed by atoms with Crippen LogP contribution in [0, 0.1) is 11.8 Å². The molecule has 3 fully saturated rings. The molecular formula is C22H30N6O4. The summed E-state index contributed by atoms with van der Waals surface area (Å²) in [6, 6.07) is 2.97. The molecule has 2 saturated heterocycles. The molecule has 1 aliphatic carbocycles. The van der Waals surface area contributed by atoms with E-state index in [1.54, 1.807) is 12.1 Å². The normalized spacial score (nSPS) is 28.0. The Labute approximate surface area is 186 Å². The number of imide groups is 1. The monoisotopic (exact) mass is 442 g/mol. The molecule has 2 aliphatic heterocycles. The van der Waals surface area contributed by atoms with E-state index in [4.69, 9.17) is 5.73 Å². The number of nitrogens with one attached hydrogen (secondary N) is 2. The van der Waals surface area contributed by atoms with Crippen molar-refractivity contribution in [2.24, 2.45) is 17.6 Å². The van der Waals surface area contributed by atoms with Gasteiger partial charge in [-0.3, -0.25) is 19.3 Å². The molecule has 10 nitrogen and oxygen atoms in total. The van der Waals surface area contributed by atoms with Crippen molar-refractivity contribution in [2.75, 3.05) is 29.9 Å². The van der Waals surface area contributed by atoms with E-state index in [0.717, 1.165) is 37.1 Å². The molecule has 32 heavy (non-hydrogen) atoms. The van der Waals surface area contributed by atoms with Crippen LogP contribution in [0.15, 0.2) is 18.3 Å². The van der Waals surface area contributed by atoms with Crippen LogP contribution in [0.2, 0.25) is 0 Å². The molecule has 10 heteroatoms. The number of urea groups is 1. The summed E-state index contributed by atoms with van der Waals surface area (Å²) in [6.45, 7) is 3.12. The first-order chi connectivity index (χ1) is 15.3. The van der Waals surface area contributed by atoms with Crippen LogP contribution in [-0.2, 0) is 14.4 Å². The number of hydrogen-bond acceptors (Lipinski definition) is 6. The van der Waals surface area contributed by atoms with Crippen molar-refractivity contribution < 1.29 is 19.2 Å². The summed E-state index contributed by atoms with van der Waals surface area (Å²) in [4.78, 5) is 56.7. The van der Waals surface area contributed by atoms with Crippen molar-refractivity contribution in [3.63, 3.8) is 0 Å². The molecule has 1 aromatic rings. The van der Waals surface area contributed by atoms with Crippen LogP contribution in [0.25, 0.3) is 0 Å². The predicted molar refractivity (Wildman–Crippen MR) is 118 cm³/mol. The average Bonchev–Trinajstić information content (AvgIpc) is 3.00. The maximum atomic E-state index is 12.9. The zero-order valence-electron chi connectivity index (χ0n) is 18.3. The van der Waals surface area contributed by atoms with Gasteiger partial charge in [-0.15, -0.1) is 0 Å². The second-order valence-electron chi connectivity index (χ2n) is 9.23. The van der Waals surface area contributed by atoms with Gasteiger partial charge in [0.25, 0.3) is 5.91 Å². The number of carbonyl (C=O) groups excluding carboxylic acids is 4. The zero-order valence-corrected chi connectivity index (χ0v) is 18.3. The smallest absolute Gasteiger partial charge is 0.325 e. The van der Waals surface area contributed by atoms with Gasteiger partial charge in [-0.25, -0.2) is 9.78 Å². The largest absolute Gasteiger partial charge is 0.369 e. The molecule has 0 bridgehead atoms. The minimum atomic E-state index is -0.857. The summed E-state index contributed by atoms with van der Waals surface area (Å²) in [5.74, 6) is -0.0298. The lowest BCUT2D eigenvalue weighted by Crippen LogP contribution is -2.49. The SMILES string of the molecule is CC1CCC2(CC1)NC(=O)N(CC(=O)Nc1ccc(N3CCCC(C(N)=O)C3)nc1)C2=O. The van der Waals surface area contributed by atoms with E-state index >= 15 is 0 Å². The average molecular weight is 443 g/mol. The van der Waals surface area contributed by atoms with Crippen molar-refractivity contribution in [1.29, 1.82) is 0 Å². The number of carbonyl (C=O) groups is 4. The van der Waals surface area contributed by atoms with Gasteiger partial charge in [0, 0.05) is 13.1 Å². The maximum Gasteiger partial charge on any atom is 0.325 e. The predicted octanol–water partition coefficient (Wildman–Crippen LogP) is 1.22. The van der Waals surface area contributed by atoms with Crippen molar-refractivity contribution in [2.45, 2.75) is 51.0 Å². The van der Waals surface area contributed by atoms with Gasteiger partial charge in [0.2, 0.25) is 11.8 Å². The first-order valence-electron chi connectivity index (χ1n) is 11.2. The van der Waals surface area contributed by atoms with Gasteiger partial charge >= 0.3 is 6.03 Å². The summed E-state index contributed by atoms with van der Waals surface area (Å²) in [7, 11) is 0. The first-order valence-corrected chi connectivity index (χ1v) is 11.2. The van der Waals surface area contributed by atoms with Crippen molar-refractivity contribution >= 4 is 35.3 Å². The number of pyridine rings is 1.